The van der Waals surface area contributed by atoms with Crippen LogP contribution in [-0.2, 0) is 10.0 Å². The Kier molecular flexibility index (Phi) is 6.81. The number of nitrogens with zero attached hydrogens (tertiary/aromatic N) is 3. The molecule has 0 bridgehead atoms. The zero-order chi connectivity index (χ0) is 20.9. The van der Waals surface area contributed by atoms with Crippen LogP contribution in [0.1, 0.15) is 26.3 Å². The SMILES string of the molecule is CCN(CC)S(=O)(=O)c1ccc(N/N=C(\C)c2cccc(F)c2)c([N+](=O)[O-])c1. The molecule has 0 atom stereocenters. The van der Waals surface area contributed by atoms with E-state index in [1.54, 1.807) is 26.8 Å². The number of benzene rings is 2. The van der Waals surface area contributed by atoms with Crippen molar-refractivity contribution >= 4 is 27.1 Å². The molecule has 2 aromatic rings. The molecular weight excluding hydrogens is 387 g/mol. The Hall–Kier alpha value is -2.85. The fourth-order valence-electron chi connectivity index (χ4n) is 2.55. The molecular formula is C18H21FN4O4S. The van der Waals surface area contributed by atoms with Crippen molar-refractivity contribution in [2.75, 3.05) is 18.5 Å². The van der Waals surface area contributed by atoms with Gasteiger partial charge in [-0.2, -0.15) is 9.41 Å². The largest absolute Gasteiger partial charge is 0.295 e. The van der Waals surface area contributed by atoms with Gasteiger partial charge < -0.3 is 0 Å². The average Bonchev–Trinajstić information content (AvgIpc) is 2.66. The van der Waals surface area contributed by atoms with E-state index in [1.807, 2.05) is 0 Å². The average molecular weight is 408 g/mol. The van der Waals surface area contributed by atoms with Gasteiger partial charge >= 0.3 is 0 Å². The second-order valence-electron chi connectivity index (χ2n) is 5.84. The molecule has 0 saturated heterocycles. The number of nitrogens with one attached hydrogen (secondary N) is 1. The Morgan fingerprint density at radius 2 is 1.89 bits per heavy atom. The molecule has 0 aromatic heterocycles. The minimum atomic E-state index is -3.83. The standard InChI is InChI=1S/C18H21FN4O4S/c1-4-22(5-2)28(26,27)16-9-10-17(18(12-16)23(24)25)21-20-13(3)14-7-6-8-15(19)11-14/h6-12,21H,4-5H2,1-3H3/b20-13+. The highest BCUT2D eigenvalue weighted by atomic mass is 32.2. The minimum Gasteiger partial charge on any atom is -0.271 e. The summed E-state index contributed by atoms with van der Waals surface area (Å²) in [5.41, 5.74) is 3.08. The summed E-state index contributed by atoms with van der Waals surface area (Å²) in [6.45, 7) is 5.50. The topological polar surface area (TPSA) is 105 Å². The number of nitro groups is 1. The molecule has 10 heteroatoms. The second-order valence-corrected chi connectivity index (χ2v) is 7.78. The molecule has 2 rings (SSSR count). The maximum atomic E-state index is 13.3. The maximum Gasteiger partial charge on any atom is 0.295 e. The zero-order valence-electron chi connectivity index (χ0n) is 15.7. The van der Waals surface area contributed by atoms with Gasteiger partial charge in [0.25, 0.3) is 5.69 Å². The van der Waals surface area contributed by atoms with Gasteiger partial charge in [0.1, 0.15) is 11.5 Å². The van der Waals surface area contributed by atoms with Gasteiger partial charge in [-0.05, 0) is 31.2 Å². The Balaban J connectivity index is 2.38. The third-order valence-corrected chi connectivity index (χ3v) is 6.14. The van der Waals surface area contributed by atoms with Crippen LogP contribution in [0.15, 0.2) is 52.5 Å². The Morgan fingerprint density at radius 1 is 1.21 bits per heavy atom. The number of halogens is 1. The van der Waals surface area contributed by atoms with Crippen LogP contribution >= 0.6 is 0 Å². The summed E-state index contributed by atoms with van der Waals surface area (Å²) in [4.78, 5) is 10.6. The normalized spacial score (nSPS) is 12.2. The molecule has 8 nitrogen and oxygen atoms in total. The summed E-state index contributed by atoms with van der Waals surface area (Å²) < 4.78 is 39.7. The first kappa shape index (κ1) is 21.5. The molecule has 0 spiro atoms. The van der Waals surface area contributed by atoms with E-state index in [4.69, 9.17) is 0 Å². The van der Waals surface area contributed by atoms with Gasteiger partial charge in [0.05, 0.1) is 15.5 Å². The first-order chi connectivity index (χ1) is 13.2. The lowest BCUT2D eigenvalue weighted by molar-refractivity contribution is -0.384. The third kappa shape index (κ3) is 4.70. The number of rotatable bonds is 8. The number of hydrazone groups is 1. The molecule has 0 aliphatic heterocycles. The molecule has 1 N–H and O–H groups in total. The van der Waals surface area contributed by atoms with Gasteiger partial charge in [-0.25, -0.2) is 12.8 Å². The highest BCUT2D eigenvalue weighted by molar-refractivity contribution is 7.89. The lowest BCUT2D eigenvalue weighted by Gasteiger charge is -2.18. The molecule has 2 aromatic carbocycles. The van der Waals surface area contributed by atoms with Crippen molar-refractivity contribution in [2.45, 2.75) is 25.7 Å². The van der Waals surface area contributed by atoms with E-state index in [0.29, 0.717) is 11.3 Å². The van der Waals surface area contributed by atoms with Crippen LogP contribution in [0, 0.1) is 15.9 Å². The summed E-state index contributed by atoms with van der Waals surface area (Å²) in [7, 11) is -3.83. The van der Waals surface area contributed by atoms with Gasteiger partial charge in [-0.3, -0.25) is 15.5 Å². The lowest BCUT2D eigenvalue weighted by atomic mass is 10.1. The van der Waals surface area contributed by atoms with Gasteiger partial charge in [-0.15, -0.1) is 0 Å². The van der Waals surface area contributed by atoms with E-state index in [1.165, 1.54) is 34.6 Å². The van der Waals surface area contributed by atoms with E-state index in [9.17, 15) is 22.9 Å². The van der Waals surface area contributed by atoms with Crippen LogP contribution in [0.4, 0.5) is 15.8 Å². The summed E-state index contributed by atoms with van der Waals surface area (Å²) in [5, 5.41) is 15.5. The van der Waals surface area contributed by atoms with Crippen molar-refractivity contribution in [2.24, 2.45) is 5.10 Å². The number of hydrogen-bond acceptors (Lipinski definition) is 6. The van der Waals surface area contributed by atoms with Crippen LogP contribution in [0.2, 0.25) is 0 Å². The Bertz CT molecular complexity index is 1000. The molecule has 0 saturated carbocycles. The summed E-state index contributed by atoms with van der Waals surface area (Å²) in [6.07, 6.45) is 0. The van der Waals surface area contributed by atoms with Gasteiger partial charge in [0.2, 0.25) is 10.0 Å². The van der Waals surface area contributed by atoms with Crippen LogP contribution in [0.25, 0.3) is 0 Å². The fraction of sp³-hybridized carbons (Fsp3) is 0.278. The summed E-state index contributed by atoms with van der Waals surface area (Å²) in [5.74, 6) is -0.427. The molecule has 0 aliphatic carbocycles. The van der Waals surface area contributed by atoms with Gasteiger partial charge in [0, 0.05) is 24.7 Å². The van der Waals surface area contributed by atoms with Crippen molar-refractivity contribution in [1.29, 1.82) is 0 Å². The van der Waals surface area contributed by atoms with Crippen molar-refractivity contribution in [3.8, 4) is 0 Å². The molecule has 0 heterocycles. The van der Waals surface area contributed by atoms with Crippen LogP contribution in [0.3, 0.4) is 0 Å². The highest BCUT2D eigenvalue weighted by Crippen LogP contribution is 2.29. The van der Waals surface area contributed by atoms with E-state index in [2.05, 4.69) is 10.5 Å². The molecule has 0 aliphatic rings. The molecule has 0 fully saturated rings. The molecule has 0 unspecified atom stereocenters. The third-order valence-electron chi connectivity index (χ3n) is 4.10. The van der Waals surface area contributed by atoms with Crippen molar-refractivity contribution in [3.05, 3.63) is 64.0 Å². The first-order valence-corrected chi connectivity index (χ1v) is 9.99. The first-order valence-electron chi connectivity index (χ1n) is 8.55. The zero-order valence-corrected chi connectivity index (χ0v) is 16.5. The lowest BCUT2D eigenvalue weighted by Crippen LogP contribution is -2.30. The predicted molar refractivity (Wildman–Crippen MR) is 105 cm³/mol. The molecule has 0 amide bonds. The smallest absolute Gasteiger partial charge is 0.271 e. The van der Waals surface area contributed by atoms with Crippen LogP contribution in [0.5, 0.6) is 0 Å². The van der Waals surface area contributed by atoms with Crippen molar-refractivity contribution in [3.63, 3.8) is 0 Å². The van der Waals surface area contributed by atoms with Crippen molar-refractivity contribution < 1.29 is 17.7 Å². The van der Waals surface area contributed by atoms with E-state index in [0.717, 1.165) is 6.07 Å². The van der Waals surface area contributed by atoms with E-state index >= 15 is 0 Å². The molecule has 28 heavy (non-hydrogen) atoms. The minimum absolute atomic E-state index is 0.0271. The monoisotopic (exact) mass is 408 g/mol. The highest BCUT2D eigenvalue weighted by Gasteiger charge is 2.25. The van der Waals surface area contributed by atoms with Crippen LogP contribution < -0.4 is 5.43 Å². The van der Waals surface area contributed by atoms with Crippen molar-refractivity contribution in [1.82, 2.24) is 4.31 Å². The summed E-state index contributed by atoms with van der Waals surface area (Å²) >= 11 is 0. The Labute approximate surface area is 162 Å². The number of hydrogen-bond donors (Lipinski definition) is 1. The Morgan fingerprint density at radius 3 is 2.46 bits per heavy atom. The fourth-order valence-corrected chi connectivity index (χ4v) is 4.03. The second kappa shape index (κ2) is 8.89. The number of nitro benzene ring substituents is 1. The quantitative estimate of drug-likeness (QED) is 0.408. The number of anilines is 1. The summed E-state index contributed by atoms with van der Waals surface area (Å²) in [6, 6.07) is 9.34. The van der Waals surface area contributed by atoms with Crippen LogP contribution in [-0.4, -0.2) is 36.4 Å². The van der Waals surface area contributed by atoms with Gasteiger partial charge in [-0.1, -0.05) is 26.0 Å². The number of sulfonamides is 1. The predicted octanol–water partition coefficient (Wildman–Crippen LogP) is 3.60. The van der Waals surface area contributed by atoms with E-state index < -0.39 is 26.5 Å². The molecule has 0 radical (unpaired) electrons. The maximum absolute atomic E-state index is 13.3. The molecule has 150 valence electrons. The van der Waals surface area contributed by atoms with Gasteiger partial charge in [0.15, 0.2) is 0 Å². The van der Waals surface area contributed by atoms with E-state index in [-0.39, 0.29) is 23.7 Å².